The van der Waals surface area contributed by atoms with Crippen LogP contribution in [0.25, 0.3) is 0 Å². The van der Waals surface area contributed by atoms with E-state index in [1.54, 1.807) is 0 Å². The van der Waals surface area contributed by atoms with Gasteiger partial charge in [-0.15, -0.1) is 24.8 Å². The topological polar surface area (TPSA) is 44.4 Å². The van der Waals surface area contributed by atoms with Gasteiger partial charge in [0.2, 0.25) is 5.91 Å². The van der Waals surface area contributed by atoms with E-state index in [0.29, 0.717) is 6.04 Å². The summed E-state index contributed by atoms with van der Waals surface area (Å²) >= 11 is 0. The number of amides is 1. The molecule has 1 amide bonds. The van der Waals surface area contributed by atoms with Crippen molar-refractivity contribution < 1.29 is 4.79 Å². The van der Waals surface area contributed by atoms with Gasteiger partial charge in [0.25, 0.3) is 0 Å². The van der Waals surface area contributed by atoms with Crippen molar-refractivity contribution in [1.82, 2.24) is 15.5 Å². The molecule has 0 aliphatic carbocycles. The second kappa shape index (κ2) is 12.4. The van der Waals surface area contributed by atoms with E-state index in [-0.39, 0.29) is 30.7 Å². The van der Waals surface area contributed by atoms with Crippen molar-refractivity contribution >= 4 is 30.7 Å². The van der Waals surface area contributed by atoms with E-state index in [9.17, 15) is 4.79 Å². The maximum absolute atomic E-state index is 12.0. The van der Waals surface area contributed by atoms with Gasteiger partial charge < -0.3 is 15.5 Å². The van der Waals surface area contributed by atoms with Gasteiger partial charge in [-0.1, -0.05) is 6.92 Å². The van der Waals surface area contributed by atoms with E-state index in [1.807, 2.05) is 0 Å². The summed E-state index contributed by atoms with van der Waals surface area (Å²) in [5.41, 5.74) is 0. The van der Waals surface area contributed by atoms with Gasteiger partial charge in [0.05, 0.1) is 0 Å². The van der Waals surface area contributed by atoms with Crippen LogP contribution in [0.1, 0.15) is 51.9 Å². The molecule has 0 radical (unpaired) electrons. The molecular formula is C16H33Cl2N3O. The summed E-state index contributed by atoms with van der Waals surface area (Å²) in [6.45, 7) is 7.98. The average molecular weight is 354 g/mol. The van der Waals surface area contributed by atoms with Crippen molar-refractivity contribution in [2.75, 3.05) is 32.7 Å². The number of hydrogen-bond acceptors (Lipinski definition) is 3. The minimum atomic E-state index is 0. The highest BCUT2D eigenvalue weighted by molar-refractivity contribution is 5.85. The Morgan fingerprint density at radius 2 is 1.77 bits per heavy atom. The molecular weight excluding hydrogens is 321 g/mol. The van der Waals surface area contributed by atoms with Crippen LogP contribution in [-0.4, -0.2) is 49.6 Å². The average Bonchev–Trinajstić information content (AvgIpc) is 2.49. The number of piperidine rings is 2. The molecule has 6 heteroatoms. The molecule has 2 aliphatic rings. The highest BCUT2D eigenvalue weighted by Crippen LogP contribution is 2.18. The van der Waals surface area contributed by atoms with E-state index in [1.165, 1.54) is 25.8 Å². The first-order valence-corrected chi connectivity index (χ1v) is 8.50. The lowest BCUT2D eigenvalue weighted by Crippen LogP contribution is -2.44. The molecule has 2 saturated heterocycles. The number of halogens is 2. The molecule has 2 rings (SSSR count). The summed E-state index contributed by atoms with van der Waals surface area (Å²) in [4.78, 5) is 14.5. The number of nitrogens with zero attached hydrogens (tertiary/aromatic N) is 1. The molecule has 2 heterocycles. The Kier molecular flexibility index (Phi) is 12.4. The smallest absolute Gasteiger partial charge is 0.220 e. The number of hydrogen-bond donors (Lipinski definition) is 2. The van der Waals surface area contributed by atoms with Crippen LogP contribution in [0.2, 0.25) is 0 Å². The molecule has 0 atom stereocenters. The largest absolute Gasteiger partial charge is 0.353 e. The lowest BCUT2D eigenvalue weighted by molar-refractivity contribution is -0.122. The first-order chi connectivity index (χ1) is 9.78. The SMILES string of the molecule is CCCN1CCC(NC(=O)CCC2CCNCC2)CC1.Cl.Cl. The van der Waals surface area contributed by atoms with Gasteiger partial charge in [-0.3, -0.25) is 4.79 Å². The van der Waals surface area contributed by atoms with Crippen molar-refractivity contribution in [3.8, 4) is 0 Å². The summed E-state index contributed by atoms with van der Waals surface area (Å²) in [6, 6.07) is 0.420. The Hall–Kier alpha value is -0.0300. The number of rotatable bonds is 6. The monoisotopic (exact) mass is 353 g/mol. The van der Waals surface area contributed by atoms with Gasteiger partial charge in [-0.25, -0.2) is 0 Å². The van der Waals surface area contributed by atoms with Gasteiger partial charge >= 0.3 is 0 Å². The molecule has 0 aromatic carbocycles. The predicted octanol–water partition coefficient (Wildman–Crippen LogP) is 2.60. The molecule has 0 unspecified atom stereocenters. The third-order valence-electron chi connectivity index (χ3n) is 4.73. The molecule has 0 bridgehead atoms. The number of likely N-dealkylation sites (tertiary alicyclic amines) is 1. The third-order valence-corrected chi connectivity index (χ3v) is 4.73. The molecule has 0 aromatic heterocycles. The van der Waals surface area contributed by atoms with E-state index >= 15 is 0 Å². The van der Waals surface area contributed by atoms with Crippen LogP contribution in [0.4, 0.5) is 0 Å². The minimum Gasteiger partial charge on any atom is -0.353 e. The molecule has 0 spiro atoms. The highest BCUT2D eigenvalue weighted by Gasteiger charge is 2.20. The van der Waals surface area contributed by atoms with E-state index in [4.69, 9.17) is 0 Å². The maximum Gasteiger partial charge on any atom is 0.220 e. The van der Waals surface area contributed by atoms with Gasteiger partial charge in [-0.05, 0) is 64.1 Å². The Morgan fingerprint density at radius 3 is 2.36 bits per heavy atom. The van der Waals surface area contributed by atoms with Crippen molar-refractivity contribution in [1.29, 1.82) is 0 Å². The number of nitrogens with one attached hydrogen (secondary N) is 2. The van der Waals surface area contributed by atoms with Crippen molar-refractivity contribution in [2.24, 2.45) is 5.92 Å². The molecule has 2 fully saturated rings. The number of carbonyl (C=O) groups excluding carboxylic acids is 1. The van der Waals surface area contributed by atoms with E-state index in [0.717, 1.165) is 57.8 Å². The van der Waals surface area contributed by atoms with E-state index in [2.05, 4.69) is 22.5 Å². The fraction of sp³-hybridized carbons (Fsp3) is 0.938. The van der Waals surface area contributed by atoms with Crippen LogP contribution < -0.4 is 10.6 Å². The number of carbonyl (C=O) groups is 1. The van der Waals surface area contributed by atoms with Crippen molar-refractivity contribution in [2.45, 2.75) is 57.9 Å². The summed E-state index contributed by atoms with van der Waals surface area (Å²) in [5.74, 6) is 1.03. The van der Waals surface area contributed by atoms with Gasteiger partial charge in [0, 0.05) is 25.6 Å². The van der Waals surface area contributed by atoms with Crippen LogP contribution in [0, 0.1) is 5.92 Å². The van der Waals surface area contributed by atoms with Crippen LogP contribution >= 0.6 is 24.8 Å². The van der Waals surface area contributed by atoms with Gasteiger partial charge in [0.15, 0.2) is 0 Å². The molecule has 4 nitrogen and oxygen atoms in total. The summed E-state index contributed by atoms with van der Waals surface area (Å²) in [5, 5.41) is 6.62. The molecule has 0 aromatic rings. The van der Waals surface area contributed by atoms with Crippen LogP contribution in [0.3, 0.4) is 0 Å². The Labute approximate surface area is 148 Å². The third kappa shape index (κ3) is 8.00. The van der Waals surface area contributed by atoms with Crippen LogP contribution in [0.15, 0.2) is 0 Å². The summed E-state index contributed by atoms with van der Waals surface area (Å²) < 4.78 is 0. The Morgan fingerprint density at radius 1 is 1.14 bits per heavy atom. The molecule has 0 saturated carbocycles. The van der Waals surface area contributed by atoms with Crippen molar-refractivity contribution in [3.05, 3.63) is 0 Å². The fourth-order valence-corrected chi connectivity index (χ4v) is 3.42. The van der Waals surface area contributed by atoms with Crippen LogP contribution in [-0.2, 0) is 4.79 Å². The van der Waals surface area contributed by atoms with Gasteiger partial charge in [-0.2, -0.15) is 0 Å². The normalized spacial score (nSPS) is 20.8. The van der Waals surface area contributed by atoms with Crippen LogP contribution in [0.5, 0.6) is 0 Å². The molecule has 22 heavy (non-hydrogen) atoms. The maximum atomic E-state index is 12.0. The zero-order valence-electron chi connectivity index (χ0n) is 13.8. The quantitative estimate of drug-likeness (QED) is 0.771. The molecule has 2 N–H and O–H groups in total. The Bertz CT molecular complexity index is 291. The minimum absolute atomic E-state index is 0. The second-order valence-corrected chi connectivity index (χ2v) is 6.42. The second-order valence-electron chi connectivity index (χ2n) is 6.42. The zero-order chi connectivity index (χ0) is 14.2. The van der Waals surface area contributed by atoms with Gasteiger partial charge in [0.1, 0.15) is 0 Å². The summed E-state index contributed by atoms with van der Waals surface area (Å²) in [6.07, 6.45) is 7.75. The first-order valence-electron chi connectivity index (χ1n) is 8.50. The Balaban J connectivity index is 0.00000220. The standard InChI is InChI=1S/C16H31N3O.2ClH/c1-2-11-19-12-7-15(8-13-19)18-16(20)4-3-14-5-9-17-10-6-14;;/h14-15,17H,2-13H2,1H3,(H,18,20);2*1H. The molecule has 2 aliphatic heterocycles. The molecule has 132 valence electrons. The lowest BCUT2D eigenvalue weighted by atomic mass is 9.93. The lowest BCUT2D eigenvalue weighted by Gasteiger charge is -2.32. The zero-order valence-corrected chi connectivity index (χ0v) is 15.4. The highest BCUT2D eigenvalue weighted by atomic mass is 35.5. The predicted molar refractivity (Wildman–Crippen MR) is 97.2 cm³/mol. The summed E-state index contributed by atoms with van der Waals surface area (Å²) in [7, 11) is 0. The fourth-order valence-electron chi connectivity index (χ4n) is 3.42. The first kappa shape index (κ1) is 22.0. The van der Waals surface area contributed by atoms with E-state index < -0.39 is 0 Å². The van der Waals surface area contributed by atoms with Crippen molar-refractivity contribution in [3.63, 3.8) is 0 Å².